The van der Waals surface area contributed by atoms with Crippen LogP contribution in [0.3, 0.4) is 0 Å². The predicted molar refractivity (Wildman–Crippen MR) is 145 cm³/mol. The van der Waals surface area contributed by atoms with Crippen LogP contribution in [-0.4, -0.2) is 60.8 Å². The summed E-state index contributed by atoms with van der Waals surface area (Å²) >= 11 is 0. The lowest BCUT2D eigenvalue weighted by Crippen LogP contribution is -2.48. The topological polar surface area (TPSA) is 80.3 Å². The smallest absolute Gasteiger partial charge is 0.274 e. The molecule has 0 atom stereocenters. The molecule has 0 unspecified atom stereocenters. The molecule has 1 saturated heterocycles. The first-order chi connectivity index (χ1) is 18.5. The number of carbonyl (C=O) groups excluding carboxylic acids is 1. The van der Waals surface area contributed by atoms with E-state index in [1.165, 1.54) is 0 Å². The SMILES string of the molecule is CCc1nn(Cc2cccc(C)n2)c2cccc(NC(=O)c3cnc4cc(CCN5CC(F)C5)ccn34)c12. The fourth-order valence-corrected chi connectivity index (χ4v) is 5.13. The number of hydrogen-bond acceptors (Lipinski definition) is 5. The number of nitrogens with one attached hydrogen (secondary N) is 1. The maximum Gasteiger partial charge on any atom is 0.274 e. The summed E-state index contributed by atoms with van der Waals surface area (Å²) in [7, 11) is 0. The minimum Gasteiger partial charge on any atom is -0.320 e. The minimum absolute atomic E-state index is 0.234. The van der Waals surface area contributed by atoms with E-state index in [1.807, 2.05) is 66.3 Å². The van der Waals surface area contributed by atoms with E-state index in [0.717, 1.165) is 58.6 Å². The second-order valence-corrected chi connectivity index (χ2v) is 9.90. The van der Waals surface area contributed by atoms with Gasteiger partial charge in [-0.3, -0.25) is 23.8 Å². The van der Waals surface area contributed by atoms with Crippen LogP contribution < -0.4 is 5.32 Å². The standard InChI is InChI=1S/C29H30FN7O/c1-3-23-28-24(8-5-9-25(28)37(34-23)18-22-7-4-6-19(2)32-22)33-29(38)26-15-31-27-14-20(11-13-36(26)27)10-12-35-16-21(30)17-35/h4-9,11,13-15,21H,3,10,12,16-18H2,1-2H3,(H,33,38). The second kappa shape index (κ2) is 9.98. The van der Waals surface area contributed by atoms with Crippen LogP contribution in [0.15, 0.2) is 60.9 Å². The van der Waals surface area contributed by atoms with Crippen LogP contribution >= 0.6 is 0 Å². The zero-order chi connectivity index (χ0) is 26.2. The Balaban J connectivity index is 1.24. The summed E-state index contributed by atoms with van der Waals surface area (Å²) in [6.07, 6.45) is 4.35. The van der Waals surface area contributed by atoms with Crippen LogP contribution in [-0.2, 0) is 19.4 Å². The monoisotopic (exact) mass is 511 g/mol. The van der Waals surface area contributed by atoms with Crippen molar-refractivity contribution >= 4 is 28.1 Å². The highest BCUT2D eigenvalue weighted by atomic mass is 19.1. The molecule has 5 aromatic rings. The highest BCUT2D eigenvalue weighted by Crippen LogP contribution is 2.28. The molecule has 1 fully saturated rings. The zero-order valence-electron chi connectivity index (χ0n) is 21.6. The molecule has 0 spiro atoms. The van der Waals surface area contributed by atoms with Crippen molar-refractivity contribution in [2.75, 3.05) is 25.0 Å². The molecule has 0 saturated carbocycles. The first kappa shape index (κ1) is 24.2. The van der Waals surface area contributed by atoms with Crippen molar-refractivity contribution in [2.45, 2.75) is 39.4 Å². The first-order valence-corrected chi connectivity index (χ1v) is 13.0. The predicted octanol–water partition coefficient (Wildman–Crippen LogP) is 4.45. The van der Waals surface area contributed by atoms with Crippen molar-refractivity contribution in [1.29, 1.82) is 0 Å². The number of rotatable bonds is 8. The quantitative estimate of drug-likeness (QED) is 0.333. The molecule has 9 heteroatoms. The maximum atomic E-state index is 13.4. The van der Waals surface area contributed by atoms with Gasteiger partial charge < -0.3 is 5.32 Å². The Morgan fingerprint density at radius 3 is 2.79 bits per heavy atom. The van der Waals surface area contributed by atoms with Gasteiger partial charge in [0.2, 0.25) is 0 Å². The van der Waals surface area contributed by atoms with Crippen LogP contribution in [0, 0.1) is 6.92 Å². The van der Waals surface area contributed by atoms with Gasteiger partial charge in [-0.2, -0.15) is 5.10 Å². The van der Waals surface area contributed by atoms with E-state index in [1.54, 1.807) is 10.6 Å². The molecule has 1 N–H and O–H groups in total. The summed E-state index contributed by atoms with van der Waals surface area (Å²) in [6.45, 7) is 6.45. The number of likely N-dealkylation sites (tertiary alicyclic amines) is 1. The first-order valence-electron chi connectivity index (χ1n) is 13.0. The average Bonchev–Trinajstić information content (AvgIpc) is 3.48. The van der Waals surface area contributed by atoms with Gasteiger partial charge in [-0.15, -0.1) is 0 Å². The molecule has 194 valence electrons. The van der Waals surface area contributed by atoms with Gasteiger partial charge >= 0.3 is 0 Å². The van der Waals surface area contributed by atoms with Gasteiger partial charge in [0.25, 0.3) is 5.91 Å². The Morgan fingerprint density at radius 1 is 1.16 bits per heavy atom. The number of aromatic nitrogens is 5. The van der Waals surface area contributed by atoms with Gasteiger partial charge in [-0.05, 0) is 61.7 Å². The highest BCUT2D eigenvalue weighted by Gasteiger charge is 2.25. The van der Waals surface area contributed by atoms with Crippen molar-refractivity contribution in [3.63, 3.8) is 0 Å². The molecule has 8 nitrogen and oxygen atoms in total. The van der Waals surface area contributed by atoms with E-state index in [4.69, 9.17) is 5.10 Å². The molecule has 4 aromatic heterocycles. The molecule has 0 radical (unpaired) electrons. The lowest BCUT2D eigenvalue weighted by Gasteiger charge is -2.34. The summed E-state index contributed by atoms with van der Waals surface area (Å²) in [5, 5.41) is 8.89. The molecule has 5 heterocycles. The van der Waals surface area contributed by atoms with E-state index in [9.17, 15) is 9.18 Å². The van der Waals surface area contributed by atoms with Gasteiger partial charge in [0.15, 0.2) is 0 Å². The summed E-state index contributed by atoms with van der Waals surface area (Å²) in [5.74, 6) is -0.234. The number of aryl methyl sites for hydroxylation is 2. The van der Waals surface area contributed by atoms with Gasteiger partial charge in [0, 0.05) is 36.9 Å². The van der Waals surface area contributed by atoms with Crippen molar-refractivity contribution in [2.24, 2.45) is 0 Å². The van der Waals surface area contributed by atoms with E-state index >= 15 is 0 Å². The number of pyridine rings is 2. The third kappa shape index (κ3) is 4.65. The van der Waals surface area contributed by atoms with Gasteiger partial charge in [-0.1, -0.05) is 19.1 Å². The Morgan fingerprint density at radius 2 is 2.00 bits per heavy atom. The molecular formula is C29H30FN7O. The number of nitrogens with zero attached hydrogens (tertiary/aromatic N) is 6. The third-order valence-corrected chi connectivity index (χ3v) is 7.13. The number of fused-ring (bicyclic) bond motifs is 2. The van der Waals surface area contributed by atoms with Crippen LogP contribution in [0.4, 0.5) is 10.1 Å². The van der Waals surface area contributed by atoms with E-state index < -0.39 is 6.17 Å². The third-order valence-electron chi connectivity index (χ3n) is 7.13. The normalized spacial score (nSPS) is 14.3. The summed E-state index contributed by atoms with van der Waals surface area (Å²) < 4.78 is 16.8. The van der Waals surface area contributed by atoms with Gasteiger partial charge in [0.1, 0.15) is 17.5 Å². The number of hydrogen-bond donors (Lipinski definition) is 1. The lowest BCUT2D eigenvalue weighted by atomic mass is 10.1. The fraction of sp³-hybridized carbons (Fsp3) is 0.310. The Bertz CT molecular complexity index is 1630. The fourth-order valence-electron chi connectivity index (χ4n) is 5.13. The van der Waals surface area contributed by atoms with E-state index in [2.05, 4.69) is 27.1 Å². The Labute approximate surface area is 220 Å². The largest absolute Gasteiger partial charge is 0.320 e. The molecule has 0 bridgehead atoms. The molecule has 1 aromatic carbocycles. The molecule has 1 aliphatic heterocycles. The van der Waals surface area contributed by atoms with Gasteiger partial charge in [0.05, 0.1) is 35.3 Å². The summed E-state index contributed by atoms with van der Waals surface area (Å²) in [5.41, 5.74) is 6.79. The molecule has 1 aliphatic rings. The van der Waals surface area contributed by atoms with E-state index in [0.29, 0.717) is 31.0 Å². The maximum absolute atomic E-state index is 13.4. The van der Waals surface area contributed by atoms with Gasteiger partial charge in [-0.25, -0.2) is 9.37 Å². The number of halogens is 1. The number of carbonyl (C=O) groups is 1. The minimum atomic E-state index is -0.690. The summed E-state index contributed by atoms with van der Waals surface area (Å²) in [6, 6.07) is 15.8. The number of imidazole rings is 1. The Hall–Kier alpha value is -4.11. The van der Waals surface area contributed by atoms with Crippen molar-refractivity contribution in [3.05, 3.63) is 89.3 Å². The number of amides is 1. The van der Waals surface area contributed by atoms with Crippen molar-refractivity contribution in [3.8, 4) is 0 Å². The number of benzene rings is 1. The van der Waals surface area contributed by atoms with Crippen molar-refractivity contribution < 1.29 is 9.18 Å². The van der Waals surface area contributed by atoms with E-state index in [-0.39, 0.29) is 5.91 Å². The lowest BCUT2D eigenvalue weighted by molar-refractivity contribution is 0.0670. The zero-order valence-corrected chi connectivity index (χ0v) is 21.6. The number of anilines is 1. The Kier molecular flexibility index (Phi) is 6.37. The summed E-state index contributed by atoms with van der Waals surface area (Å²) in [4.78, 5) is 24.6. The van der Waals surface area contributed by atoms with Crippen LogP contribution in [0.5, 0.6) is 0 Å². The van der Waals surface area contributed by atoms with Crippen molar-refractivity contribution in [1.82, 2.24) is 29.0 Å². The highest BCUT2D eigenvalue weighted by molar-refractivity contribution is 6.08. The van der Waals surface area contributed by atoms with Crippen LogP contribution in [0.2, 0.25) is 0 Å². The average molecular weight is 512 g/mol. The van der Waals surface area contributed by atoms with Crippen LogP contribution in [0.1, 0.15) is 40.1 Å². The molecule has 1 amide bonds. The molecule has 6 rings (SSSR count). The van der Waals surface area contributed by atoms with Crippen LogP contribution in [0.25, 0.3) is 16.6 Å². The molecular weight excluding hydrogens is 481 g/mol. The molecule has 38 heavy (non-hydrogen) atoms. The molecule has 0 aliphatic carbocycles. The second-order valence-electron chi connectivity index (χ2n) is 9.90. The number of alkyl halides is 1.